The Bertz CT molecular complexity index is 462. The standard InChI is InChI=1S/C11H12N4O/c1-2-8(6-12-4-1)10-14-11(16-15-10)9-3-5-13-7-9/h1-2,4,6,9,13H,3,5,7H2/t9-/m0/s1. The van der Waals surface area contributed by atoms with Gasteiger partial charge in [-0.3, -0.25) is 4.98 Å². The van der Waals surface area contributed by atoms with Gasteiger partial charge in [0.1, 0.15) is 0 Å². The molecule has 1 N–H and O–H groups in total. The molecule has 0 aromatic carbocycles. The Morgan fingerprint density at radius 2 is 2.44 bits per heavy atom. The molecule has 3 heterocycles. The van der Waals surface area contributed by atoms with Gasteiger partial charge in [-0.15, -0.1) is 0 Å². The molecule has 0 saturated carbocycles. The number of hydrogen-bond acceptors (Lipinski definition) is 5. The van der Waals surface area contributed by atoms with E-state index in [0.29, 0.717) is 11.7 Å². The summed E-state index contributed by atoms with van der Waals surface area (Å²) in [6, 6.07) is 3.79. The van der Waals surface area contributed by atoms with Crippen LogP contribution in [0.5, 0.6) is 0 Å². The van der Waals surface area contributed by atoms with E-state index >= 15 is 0 Å². The second-order valence-corrected chi connectivity index (χ2v) is 3.89. The summed E-state index contributed by atoms with van der Waals surface area (Å²) in [5, 5.41) is 7.26. The first-order valence-corrected chi connectivity index (χ1v) is 5.38. The van der Waals surface area contributed by atoms with Crippen LogP contribution in [-0.4, -0.2) is 28.2 Å². The van der Waals surface area contributed by atoms with E-state index in [-0.39, 0.29) is 0 Å². The lowest BCUT2D eigenvalue weighted by Crippen LogP contribution is -2.08. The van der Waals surface area contributed by atoms with Crippen LogP contribution < -0.4 is 5.32 Å². The average Bonchev–Trinajstić information content (AvgIpc) is 3.01. The van der Waals surface area contributed by atoms with Crippen LogP contribution in [0.2, 0.25) is 0 Å². The van der Waals surface area contributed by atoms with E-state index in [1.807, 2.05) is 12.1 Å². The molecule has 0 bridgehead atoms. The highest BCUT2D eigenvalue weighted by Crippen LogP contribution is 2.23. The molecular formula is C11H12N4O. The fraction of sp³-hybridized carbons (Fsp3) is 0.364. The van der Waals surface area contributed by atoms with Gasteiger partial charge in [0.25, 0.3) is 0 Å². The molecule has 0 radical (unpaired) electrons. The minimum atomic E-state index is 0.359. The Hall–Kier alpha value is -1.75. The Morgan fingerprint density at radius 1 is 1.44 bits per heavy atom. The van der Waals surface area contributed by atoms with Gasteiger partial charge in [-0.1, -0.05) is 5.16 Å². The monoisotopic (exact) mass is 216 g/mol. The van der Waals surface area contributed by atoms with Crippen LogP contribution in [0.4, 0.5) is 0 Å². The molecule has 3 rings (SSSR count). The van der Waals surface area contributed by atoms with Crippen molar-refractivity contribution in [1.82, 2.24) is 20.4 Å². The first-order valence-electron chi connectivity index (χ1n) is 5.38. The highest BCUT2D eigenvalue weighted by atomic mass is 16.5. The molecule has 2 aromatic rings. The fourth-order valence-electron chi connectivity index (χ4n) is 1.88. The predicted octanol–water partition coefficient (Wildman–Crippen LogP) is 1.21. The van der Waals surface area contributed by atoms with E-state index in [1.54, 1.807) is 12.4 Å². The molecule has 5 nitrogen and oxygen atoms in total. The molecule has 1 fully saturated rings. The molecule has 0 unspecified atom stereocenters. The zero-order valence-electron chi connectivity index (χ0n) is 8.76. The van der Waals surface area contributed by atoms with Gasteiger partial charge in [-0.05, 0) is 25.1 Å². The van der Waals surface area contributed by atoms with Crippen molar-refractivity contribution in [3.05, 3.63) is 30.4 Å². The molecule has 2 aromatic heterocycles. The molecule has 16 heavy (non-hydrogen) atoms. The second-order valence-electron chi connectivity index (χ2n) is 3.89. The predicted molar refractivity (Wildman–Crippen MR) is 57.8 cm³/mol. The van der Waals surface area contributed by atoms with Crippen LogP contribution in [0.3, 0.4) is 0 Å². The van der Waals surface area contributed by atoms with E-state index in [9.17, 15) is 0 Å². The molecule has 1 aliphatic rings. The maximum atomic E-state index is 5.27. The maximum absolute atomic E-state index is 5.27. The number of nitrogens with one attached hydrogen (secondary N) is 1. The minimum absolute atomic E-state index is 0.359. The van der Waals surface area contributed by atoms with Crippen LogP contribution in [0.25, 0.3) is 11.4 Å². The zero-order chi connectivity index (χ0) is 10.8. The largest absolute Gasteiger partial charge is 0.339 e. The summed E-state index contributed by atoms with van der Waals surface area (Å²) in [7, 11) is 0. The first kappa shape index (κ1) is 9.47. The summed E-state index contributed by atoms with van der Waals surface area (Å²) in [6.45, 7) is 1.95. The van der Waals surface area contributed by atoms with Crippen LogP contribution in [-0.2, 0) is 0 Å². The average molecular weight is 216 g/mol. The molecule has 0 amide bonds. The van der Waals surface area contributed by atoms with Crippen molar-refractivity contribution >= 4 is 0 Å². The van der Waals surface area contributed by atoms with Crippen molar-refractivity contribution in [3.63, 3.8) is 0 Å². The molecule has 5 heteroatoms. The molecular weight excluding hydrogens is 204 g/mol. The van der Waals surface area contributed by atoms with Crippen molar-refractivity contribution in [2.45, 2.75) is 12.3 Å². The number of aromatic nitrogens is 3. The highest BCUT2D eigenvalue weighted by molar-refractivity contribution is 5.51. The van der Waals surface area contributed by atoms with Crippen LogP contribution in [0, 0.1) is 0 Å². The topological polar surface area (TPSA) is 63.8 Å². The molecule has 0 aliphatic carbocycles. The lowest BCUT2D eigenvalue weighted by molar-refractivity contribution is 0.359. The number of pyridine rings is 1. The quantitative estimate of drug-likeness (QED) is 0.817. The Balaban J connectivity index is 1.87. The van der Waals surface area contributed by atoms with Gasteiger partial charge >= 0.3 is 0 Å². The van der Waals surface area contributed by atoms with Crippen molar-refractivity contribution in [2.24, 2.45) is 0 Å². The Morgan fingerprint density at radius 3 is 3.19 bits per heavy atom. The highest BCUT2D eigenvalue weighted by Gasteiger charge is 2.22. The van der Waals surface area contributed by atoms with E-state index in [4.69, 9.17) is 4.52 Å². The van der Waals surface area contributed by atoms with Crippen LogP contribution >= 0.6 is 0 Å². The van der Waals surface area contributed by atoms with Crippen molar-refractivity contribution in [3.8, 4) is 11.4 Å². The van der Waals surface area contributed by atoms with Gasteiger partial charge in [0.05, 0.1) is 5.92 Å². The summed E-state index contributed by atoms with van der Waals surface area (Å²) in [4.78, 5) is 8.44. The van der Waals surface area contributed by atoms with Gasteiger partial charge < -0.3 is 9.84 Å². The molecule has 0 spiro atoms. The SMILES string of the molecule is c1cncc(-c2noc([C@H]3CCNC3)n2)c1. The molecule has 82 valence electrons. The molecule has 1 saturated heterocycles. The van der Waals surface area contributed by atoms with E-state index in [2.05, 4.69) is 20.4 Å². The fourth-order valence-corrected chi connectivity index (χ4v) is 1.88. The lowest BCUT2D eigenvalue weighted by atomic mass is 10.1. The number of hydrogen-bond donors (Lipinski definition) is 1. The first-order chi connectivity index (χ1) is 7.93. The van der Waals surface area contributed by atoms with Crippen molar-refractivity contribution < 1.29 is 4.52 Å². The number of rotatable bonds is 2. The third kappa shape index (κ3) is 1.69. The summed E-state index contributed by atoms with van der Waals surface area (Å²) in [5.74, 6) is 1.71. The number of nitrogens with zero attached hydrogens (tertiary/aromatic N) is 3. The third-order valence-corrected chi connectivity index (χ3v) is 2.77. The zero-order valence-corrected chi connectivity index (χ0v) is 8.76. The Labute approximate surface area is 92.9 Å². The summed E-state index contributed by atoms with van der Waals surface area (Å²) in [6.07, 6.45) is 4.53. The molecule has 1 aliphatic heterocycles. The summed E-state index contributed by atoms with van der Waals surface area (Å²) < 4.78 is 5.27. The van der Waals surface area contributed by atoms with Gasteiger partial charge in [0, 0.05) is 24.5 Å². The Kier molecular flexibility index (Phi) is 2.38. The van der Waals surface area contributed by atoms with E-state index in [1.165, 1.54) is 0 Å². The second kappa shape index (κ2) is 4.02. The summed E-state index contributed by atoms with van der Waals surface area (Å²) in [5.41, 5.74) is 0.892. The van der Waals surface area contributed by atoms with Gasteiger partial charge in [0.2, 0.25) is 11.7 Å². The summed E-state index contributed by atoms with van der Waals surface area (Å²) >= 11 is 0. The van der Waals surface area contributed by atoms with Gasteiger partial charge in [-0.25, -0.2) is 0 Å². The third-order valence-electron chi connectivity index (χ3n) is 2.77. The normalized spacial score (nSPS) is 20.1. The smallest absolute Gasteiger partial charge is 0.231 e. The van der Waals surface area contributed by atoms with E-state index in [0.717, 1.165) is 31.0 Å². The van der Waals surface area contributed by atoms with Crippen molar-refractivity contribution in [2.75, 3.05) is 13.1 Å². The maximum Gasteiger partial charge on any atom is 0.231 e. The van der Waals surface area contributed by atoms with Crippen LogP contribution in [0.15, 0.2) is 29.0 Å². The minimum Gasteiger partial charge on any atom is -0.339 e. The van der Waals surface area contributed by atoms with E-state index < -0.39 is 0 Å². The van der Waals surface area contributed by atoms with Crippen LogP contribution in [0.1, 0.15) is 18.2 Å². The lowest BCUT2D eigenvalue weighted by Gasteiger charge is -1.98. The van der Waals surface area contributed by atoms with Gasteiger partial charge in [0.15, 0.2) is 0 Å². The molecule has 1 atom stereocenters. The van der Waals surface area contributed by atoms with Gasteiger partial charge in [-0.2, -0.15) is 4.98 Å². The van der Waals surface area contributed by atoms with Crippen molar-refractivity contribution in [1.29, 1.82) is 0 Å².